The maximum atomic E-state index is 6.11. The van der Waals surface area contributed by atoms with Gasteiger partial charge in [0.1, 0.15) is 5.75 Å². The van der Waals surface area contributed by atoms with Crippen molar-refractivity contribution < 1.29 is 4.74 Å². The number of fused-ring (bicyclic) bond motifs is 4. The van der Waals surface area contributed by atoms with E-state index in [2.05, 4.69) is 36.4 Å². The molecule has 2 aliphatic heterocycles. The fourth-order valence-corrected chi connectivity index (χ4v) is 5.04. The van der Waals surface area contributed by atoms with E-state index in [1.807, 2.05) is 48.2 Å². The predicted octanol–water partition coefficient (Wildman–Crippen LogP) is 6.32. The average Bonchev–Trinajstić information content (AvgIpc) is 2.85. The first-order chi connectivity index (χ1) is 12.8. The summed E-state index contributed by atoms with van der Waals surface area (Å²) in [5, 5.41) is 0.981. The van der Waals surface area contributed by atoms with Crippen LogP contribution >= 0.6 is 23.4 Å². The summed E-state index contributed by atoms with van der Waals surface area (Å²) in [5.74, 6) is 1.10. The molecule has 4 heteroatoms. The van der Waals surface area contributed by atoms with Crippen molar-refractivity contribution in [2.45, 2.75) is 10.1 Å². The molecular weight excluding hydrogens is 362 g/mol. The average molecular weight is 378 g/mol. The van der Waals surface area contributed by atoms with Crippen LogP contribution in [-0.4, -0.2) is 12.3 Å². The topological polar surface area (TPSA) is 21.6 Å². The molecule has 0 saturated carbocycles. The van der Waals surface area contributed by atoms with Crippen molar-refractivity contribution >= 4 is 34.8 Å². The molecule has 2 heterocycles. The monoisotopic (exact) mass is 377 g/mol. The summed E-state index contributed by atoms with van der Waals surface area (Å²) in [6, 6.07) is 24.7. The lowest BCUT2D eigenvalue weighted by Gasteiger charge is -2.31. The zero-order chi connectivity index (χ0) is 17.5. The minimum absolute atomic E-state index is 0.184. The molecule has 2 atom stereocenters. The molecular formula is C22H16ClNOS. The molecule has 0 aromatic heterocycles. The molecule has 0 fully saturated rings. The quantitative estimate of drug-likeness (QED) is 0.495. The molecule has 0 amide bonds. The summed E-state index contributed by atoms with van der Waals surface area (Å²) < 4.78 is 6.10. The third-order valence-electron chi connectivity index (χ3n) is 4.86. The number of halogens is 1. The molecule has 26 heavy (non-hydrogen) atoms. The van der Waals surface area contributed by atoms with E-state index in [4.69, 9.17) is 21.3 Å². The maximum Gasteiger partial charge on any atom is 0.128 e. The molecule has 0 bridgehead atoms. The highest BCUT2D eigenvalue weighted by Crippen LogP contribution is 2.50. The smallest absolute Gasteiger partial charge is 0.128 e. The van der Waals surface area contributed by atoms with E-state index in [1.165, 1.54) is 10.5 Å². The van der Waals surface area contributed by atoms with Gasteiger partial charge in [0.2, 0.25) is 0 Å². The van der Waals surface area contributed by atoms with E-state index in [0.717, 1.165) is 27.7 Å². The fourth-order valence-electron chi connectivity index (χ4n) is 3.59. The molecule has 3 aromatic rings. The van der Waals surface area contributed by atoms with E-state index >= 15 is 0 Å². The summed E-state index contributed by atoms with van der Waals surface area (Å²) in [7, 11) is 0. The molecule has 0 spiro atoms. The van der Waals surface area contributed by atoms with Crippen LogP contribution in [0.15, 0.2) is 82.7 Å². The van der Waals surface area contributed by atoms with Crippen LogP contribution in [0.5, 0.6) is 5.75 Å². The van der Waals surface area contributed by atoms with Gasteiger partial charge in [0.05, 0.1) is 23.9 Å². The standard InChI is InChI=1S/C22H16ClNOS/c23-15-11-9-14(10-12-15)22-17-13-25-19-7-3-1-5-16(19)21(17)24-18-6-2-4-8-20(18)26-22/h1-12,17,22H,13H2/t17-,22+/m0/s1. The predicted molar refractivity (Wildman–Crippen MR) is 108 cm³/mol. The van der Waals surface area contributed by atoms with Crippen molar-refractivity contribution in [1.29, 1.82) is 0 Å². The first-order valence-electron chi connectivity index (χ1n) is 8.61. The van der Waals surface area contributed by atoms with Crippen LogP contribution in [0.1, 0.15) is 16.4 Å². The van der Waals surface area contributed by atoms with Gasteiger partial charge in [-0.3, -0.25) is 4.99 Å². The normalized spacial score (nSPS) is 20.7. The van der Waals surface area contributed by atoms with Gasteiger partial charge in [-0.1, -0.05) is 48.0 Å². The van der Waals surface area contributed by atoms with Crippen molar-refractivity contribution in [1.82, 2.24) is 0 Å². The van der Waals surface area contributed by atoms with Crippen LogP contribution in [0.3, 0.4) is 0 Å². The van der Waals surface area contributed by atoms with Crippen LogP contribution in [-0.2, 0) is 0 Å². The lowest BCUT2D eigenvalue weighted by atomic mass is 9.88. The molecule has 0 radical (unpaired) electrons. The Morgan fingerprint density at radius 1 is 0.923 bits per heavy atom. The second-order valence-corrected chi connectivity index (χ2v) is 8.09. The molecule has 3 aromatic carbocycles. The van der Waals surface area contributed by atoms with Gasteiger partial charge < -0.3 is 4.74 Å². The van der Waals surface area contributed by atoms with Gasteiger partial charge >= 0.3 is 0 Å². The van der Waals surface area contributed by atoms with Gasteiger partial charge in [-0.25, -0.2) is 0 Å². The highest BCUT2D eigenvalue weighted by atomic mass is 35.5. The number of hydrogen-bond donors (Lipinski definition) is 0. The Kier molecular flexibility index (Phi) is 3.99. The van der Waals surface area contributed by atoms with Gasteiger partial charge in [0.15, 0.2) is 0 Å². The van der Waals surface area contributed by atoms with Gasteiger partial charge in [-0.2, -0.15) is 0 Å². The van der Waals surface area contributed by atoms with Gasteiger partial charge in [0.25, 0.3) is 0 Å². The lowest BCUT2D eigenvalue weighted by Crippen LogP contribution is -2.31. The van der Waals surface area contributed by atoms with Crippen LogP contribution in [0.2, 0.25) is 5.02 Å². The van der Waals surface area contributed by atoms with Gasteiger partial charge in [0, 0.05) is 20.7 Å². The molecule has 2 aliphatic rings. The summed E-state index contributed by atoms with van der Waals surface area (Å²) in [4.78, 5) is 6.29. The Bertz CT molecular complexity index is 999. The van der Waals surface area contributed by atoms with Crippen LogP contribution in [0.25, 0.3) is 0 Å². The maximum absolute atomic E-state index is 6.11. The third-order valence-corrected chi connectivity index (χ3v) is 6.56. The van der Waals surface area contributed by atoms with E-state index in [0.29, 0.717) is 6.61 Å². The van der Waals surface area contributed by atoms with E-state index in [1.54, 1.807) is 0 Å². The first kappa shape index (κ1) is 16.0. The molecule has 0 aliphatic carbocycles. The largest absolute Gasteiger partial charge is 0.492 e. The van der Waals surface area contributed by atoms with Crippen molar-refractivity contribution in [2.75, 3.05) is 6.61 Å². The molecule has 128 valence electrons. The second kappa shape index (κ2) is 6.49. The summed E-state index contributed by atoms with van der Waals surface area (Å²) in [6.45, 7) is 0.629. The van der Waals surface area contributed by atoms with Gasteiger partial charge in [-0.05, 0) is 42.0 Å². The summed E-state index contributed by atoms with van der Waals surface area (Å²) in [5.41, 5.74) is 4.49. The Morgan fingerprint density at radius 2 is 1.69 bits per heavy atom. The third kappa shape index (κ3) is 2.72. The Morgan fingerprint density at radius 3 is 2.58 bits per heavy atom. The second-order valence-electron chi connectivity index (χ2n) is 6.47. The minimum Gasteiger partial charge on any atom is -0.492 e. The molecule has 5 rings (SSSR count). The number of ether oxygens (including phenoxy) is 1. The van der Waals surface area contributed by atoms with Crippen molar-refractivity contribution in [3.8, 4) is 5.75 Å². The highest BCUT2D eigenvalue weighted by molar-refractivity contribution is 7.99. The number of para-hydroxylation sites is 2. The number of rotatable bonds is 1. The SMILES string of the molecule is Clc1ccc([C@H]2Sc3ccccc3N=C3c4ccccc4OC[C@@H]32)cc1. The highest BCUT2D eigenvalue weighted by Gasteiger charge is 2.37. The number of nitrogens with zero attached hydrogens (tertiary/aromatic N) is 1. The number of aliphatic imine (C=N–C) groups is 1. The number of benzene rings is 3. The van der Waals surface area contributed by atoms with Crippen molar-refractivity contribution in [3.63, 3.8) is 0 Å². The van der Waals surface area contributed by atoms with E-state index in [9.17, 15) is 0 Å². The van der Waals surface area contributed by atoms with Gasteiger partial charge in [-0.15, -0.1) is 11.8 Å². The Labute approximate surface area is 161 Å². The van der Waals surface area contributed by atoms with Crippen molar-refractivity contribution in [2.24, 2.45) is 10.9 Å². The zero-order valence-corrected chi connectivity index (χ0v) is 15.5. The summed E-state index contributed by atoms with van der Waals surface area (Å²) >= 11 is 7.97. The first-order valence-corrected chi connectivity index (χ1v) is 9.87. The summed E-state index contributed by atoms with van der Waals surface area (Å²) in [6.07, 6.45) is 0. The van der Waals surface area contributed by atoms with Crippen LogP contribution < -0.4 is 4.74 Å². The van der Waals surface area contributed by atoms with E-state index in [-0.39, 0.29) is 11.2 Å². The zero-order valence-electron chi connectivity index (χ0n) is 13.9. The van der Waals surface area contributed by atoms with E-state index < -0.39 is 0 Å². The fraction of sp³-hybridized carbons (Fsp3) is 0.136. The molecule has 2 nitrogen and oxygen atoms in total. The lowest BCUT2D eigenvalue weighted by molar-refractivity contribution is 0.271. The Hall–Kier alpha value is -2.23. The van der Waals surface area contributed by atoms with Crippen molar-refractivity contribution in [3.05, 3.63) is 88.9 Å². The number of thioether (sulfide) groups is 1. The molecule has 0 unspecified atom stereocenters. The number of hydrogen-bond acceptors (Lipinski definition) is 3. The molecule has 0 saturated heterocycles. The molecule has 0 N–H and O–H groups in total. The minimum atomic E-state index is 0.184. The Balaban J connectivity index is 1.70. The van der Waals surface area contributed by atoms with Crippen LogP contribution in [0.4, 0.5) is 5.69 Å². The van der Waals surface area contributed by atoms with Crippen LogP contribution in [0, 0.1) is 5.92 Å².